The van der Waals surface area contributed by atoms with Gasteiger partial charge in [0.2, 0.25) is 0 Å². The minimum Gasteiger partial charge on any atom is -0.497 e. The predicted molar refractivity (Wildman–Crippen MR) is 139 cm³/mol. The normalized spacial score (nSPS) is 14.9. The number of carbonyl (C=O) groups is 1. The van der Waals surface area contributed by atoms with Crippen molar-refractivity contribution in [2.24, 2.45) is 0 Å². The van der Waals surface area contributed by atoms with Crippen LogP contribution in [0.15, 0.2) is 60.1 Å². The molecule has 4 aromatic rings. The molecule has 0 radical (unpaired) electrons. The molecular weight excluding hydrogens is 460 g/mol. The smallest absolute Gasteiger partial charge is 0.339 e. The number of thiophene rings is 1. The second kappa shape index (κ2) is 10.1. The first kappa shape index (κ1) is 23.5. The van der Waals surface area contributed by atoms with Crippen molar-refractivity contribution in [2.75, 3.05) is 27.3 Å². The van der Waals surface area contributed by atoms with Crippen molar-refractivity contribution in [3.8, 4) is 11.5 Å². The number of piperidine rings is 1. The highest BCUT2D eigenvalue weighted by molar-refractivity contribution is 7.09. The van der Waals surface area contributed by atoms with Crippen molar-refractivity contribution in [1.29, 1.82) is 0 Å². The van der Waals surface area contributed by atoms with Crippen LogP contribution in [0.3, 0.4) is 0 Å². The molecule has 0 aliphatic carbocycles. The van der Waals surface area contributed by atoms with Crippen LogP contribution in [0.5, 0.6) is 11.5 Å². The van der Waals surface area contributed by atoms with Crippen LogP contribution in [0.1, 0.15) is 45.1 Å². The van der Waals surface area contributed by atoms with Gasteiger partial charge in [-0.25, -0.2) is 4.79 Å². The summed E-state index contributed by atoms with van der Waals surface area (Å²) in [5.74, 6) is 0.806. The van der Waals surface area contributed by atoms with E-state index >= 15 is 0 Å². The van der Waals surface area contributed by atoms with E-state index in [1.807, 2.05) is 12.1 Å². The minimum absolute atomic E-state index is 0.215. The number of rotatable bonds is 8. The summed E-state index contributed by atoms with van der Waals surface area (Å²) < 4.78 is 13.1. The second-order valence-electron chi connectivity index (χ2n) is 9.06. The summed E-state index contributed by atoms with van der Waals surface area (Å²) in [6.07, 6.45) is 4.47. The Morgan fingerprint density at radius 3 is 2.57 bits per heavy atom. The van der Waals surface area contributed by atoms with Crippen molar-refractivity contribution in [3.63, 3.8) is 0 Å². The van der Waals surface area contributed by atoms with Gasteiger partial charge in [0.15, 0.2) is 0 Å². The van der Waals surface area contributed by atoms with Gasteiger partial charge in [-0.1, -0.05) is 12.1 Å². The number of hydrogen-bond donors (Lipinski definition) is 1. The second-order valence-corrected chi connectivity index (χ2v) is 10.1. The highest BCUT2D eigenvalue weighted by Gasteiger charge is 2.25. The third-order valence-electron chi connectivity index (χ3n) is 6.95. The lowest BCUT2D eigenvalue weighted by molar-refractivity contribution is 0.0693. The molecule has 0 spiro atoms. The van der Waals surface area contributed by atoms with E-state index in [0.717, 1.165) is 50.3 Å². The maximum Gasteiger partial charge on any atom is 0.339 e. The molecule has 2 aromatic carbocycles. The van der Waals surface area contributed by atoms with Gasteiger partial charge >= 0.3 is 5.97 Å². The van der Waals surface area contributed by atoms with Gasteiger partial charge in [-0.15, -0.1) is 11.3 Å². The van der Waals surface area contributed by atoms with Gasteiger partial charge in [-0.3, -0.25) is 4.90 Å². The number of ether oxygens (including phenoxy) is 2. The van der Waals surface area contributed by atoms with Crippen LogP contribution in [0.4, 0.5) is 0 Å². The third-order valence-corrected chi connectivity index (χ3v) is 7.81. The number of aromatic nitrogens is 1. The Morgan fingerprint density at radius 2 is 1.89 bits per heavy atom. The lowest BCUT2D eigenvalue weighted by Gasteiger charge is -2.32. The van der Waals surface area contributed by atoms with Crippen LogP contribution in [0.2, 0.25) is 0 Å². The molecule has 3 heterocycles. The highest BCUT2D eigenvalue weighted by Crippen LogP contribution is 2.37. The lowest BCUT2D eigenvalue weighted by Crippen LogP contribution is -2.32. The molecule has 35 heavy (non-hydrogen) atoms. The van der Waals surface area contributed by atoms with Gasteiger partial charge in [0.1, 0.15) is 17.1 Å². The first-order valence-electron chi connectivity index (χ1n) is 11.9. The summed E-state index contributed by atoms with van der Waals surface area (Å²) in [5.41, 5.74) is 3.86. The number of benzene rings is 2. The molecule has 5 rings (SSSR count). The van der Waals surface area contributed by atoms with Gasteiger partial charge in [0.05, 0.1) is 20.8 Å². The zero-order valence-electron chi connectivity index (χ0n) is 20.1. The molecule has 0 saturated carbocycles. The molecule has 0 amide bonds. The monoisotopic (exact) mass is 490 g/mol. The predicted octanol–water partition coefficient (Wildman–Crippen LogP) is 5.85. The van der Waals surface area contributed by atoms with E-state index in [1.54, 1.807) is 30.6 Å². The van der Waals surface area contributed by atoms with Crippen LogP contribution in [-0.4, -0.2) is 47.9 Å². The number of hydrogen-bond acceptors (Lipinski definition) is 5. The van der Waals surface area contributed by atoms with Crippen LogP contribution in [-0.2, 0) is 13.1 Å². The van der Waals surface area contributed by atoms with Crippen LogP contribution in [0.25, 0.3) is 10.9 Å². The van der Waals surface area contributed by atoms with Crippen LogP contribution in [0, 0.1) is 0 Å². The van der Waals surface area contributed by atoms with Crippen molar-refractivity contribution in [1.82, 2.24) is 9.47 Å². The van der Waals surface area contributed by atoms with Gasteiger partial charge in [0.25, 0.3) is 0 Å². The topological polar surface area (TPSA) is 63.9 Å². The summed E-state index contributed by atoms with van der Waals surface area (Å²) in [5, 5.41) is 12.9. The van der Waals surface area contributed by atoms with E-state index in [9.17, 15) is 9.90 Å². The van der Waals surface area contributed by atoms with Crippen molar-refractivity contribution in [2.45, 2.75) is 31.8 Å². The minimum atomic E-state index is -0.961. The Hall–Kier alpha value is -3.29. The van der Waals surface area contributed by atoms with Crippen molar-refractivity contribution >= 4 is 28.2 Å². The number of carboxylic acids is 1. The van der Waals surface area contributed by atoms with Crippen LogP contribution < -0.4 is 9.47 Å². The molecule has 0 bridgehead atoms. The van der Waals surface area contributed by atoms with Gasteiger partial charge < -0.3 is 19.1 Å². The fourth-order valence-corrected chi connectivity index (χ4v) is 5.84. The van der Waals surface area contributed by atoms with E-state index in [1.165, 1.54) is 28.5 Å². The number of aromatic carboxylic acids is 1. The van der Waals surface area contributed by atoms with E-state index in [0.29, 0.717) is 11.7 Å². The van der Waals surface area contributed by atoms with Gasteiger partial charge in [-0.05, 0) is 84.8 Å². The zero-order valence-corrected chi connectivity index (χ0v) is 20.9. The number of carboxylic acid groups (broad SMARTS) is 1. The molecule has 1 aliphatic heterocycles. The molecule has 182 valence electrons. The van der Waals surface area contributed by atoms with Crippen molar-refractivity contribution < 1.29 is 19.4 Å². The Labute approximate surface area is 209 Å². The Balaban J connectivity index is 1.33. The highest BCUT2D eigenvalue weighted by atomic mass is 32.1. The summed E-state index contributed by atoms with van der Waals surface area (Å²) in [4.78, 5) is 15.3. The Kier molecular flexibility index (Phi) is 6.79. The molecule has 1 aliphatic rings. The number of nitrogens with zero attached hydrogens (tertiary/aromatic N) is 2. The maximum atomic E-state index is 11.6. The molecule has 1 N–H and O–H groups in total. The Morgan fingerprint density at radius 1 is 1.06 bits per heavy atom. The first-order valence-corrected chi connectivity index (χ1v) is 12.8. The lowest BCUT2D eigenvalue weighted by atomic mass is 9.89. The average Bonchev–Trinajstić information content (AvgIpc) is 3.52. The summed E-state index contributed by atoms with van der Waals surface area (Å²) in [6, 6.07) is 16.1. The fourth-order valence-electron chi connectivity index (χ4n) is 5.14. The molecule has 6 nitrogen and oxygen atoms in total. The molecular formula is C28H30N2O4S. The maximum absolute atomic E-state index is 11.6. The third kappa shape index (κ3) is 4.92. The first-order chi connectivity index (χ1) is 17.1. The zero-order chi connectivity index (χ0) is 24.4. The number of likely N-dealkylation sites (tertiary alicyclic amines) is 1. The summed E-state index contributed by atoms with van der Waals surface area (Å²) in [6.45, 7) is 3.56. The van der Waals surface area contributed by atoms with E-state index in [2.05, 4.69) is 45.3 Å². The molecule has 0 unspecified atom stereocenters. The quantitative estimate of drug-likeness (QED) is 0.336. The molecule has 1 fully saturated rings. The van der Waals surface area contributed by atoms with Crippen LogP contribution >= 0.6 is 11.3 Å². The van der Waals surface area contributed by atoms with E-state index in [4.69, 9.17) is 9.47 Å². The van der Waals surface area contributed by atoms with E-state index in [-0.39, 0.29) is 5.56 Å². The molecule has 1 saturated heterocycles. The molecule has 0 atom stereocenters. The van der Waals surface area contributed by atoms with Gasteiger partial charge in [-0.2, -0.15) is 0 Å². The largest absolute Gasteiger partial charge is 0.497 e. The standard InChI is InChI=1S/C28H30N2O4S/c1-33-21-6-7-26-23(15-21)25(18-30(26)17-22-4-3-13-35-22)20-9-11-29(12-10-20)16-19-5-8-27(34-2)24(14-19)28(31)32/h3-8,13-15,18,20H,9-12,16-17H2,1-2H3,(H,31,32). The summed E-state index contributed by atoms with van der Waals surface area (Å²) in [7, 11) is 3.22. The number of methoxy groups -OCH3 is 2. The molecule has 2 aromatic heterocycles. The number of fused-ring (bicyclic) bond motifs is 1. The van der Waals surface area contributed by atoms with Crippen molar-refractivity contribution in [3.05, 3.63) is 81.7 Å². The molecule has 7 heteroatoms. The average molecular weight is 491 g/mol. The fraction of sp³-hybridized carbons (Fsp3) is 0.321. The Bertz CT molecular complexity index is 1320. The summed E-state index contributed by atoms with van der Waals surface area (Å²) >= 11 is 1.79. The SMILES string of the molecule is COc1ccc2c(c1)c(C1CCN(Cc3ccc(OC)c(C(=O)O)c3)CC1)cn2Cc1cccs1. The van der Waals surface area contributed by atoms with Gasteiger partial charge in [0, 0.05) is 28.5 Å². The van der Waals surface area contributed by atoms with E-state index < -0.39 is 5.97 Å².